The molecular formula is C22H24O5. The molecule has 2 rings (SSSR count). The maximum atomic E-state index is 12.2. The summed E-state index contributed by atoms with van der Waals surface area (Å²) in [5.74, 6) is 0.718. The summed E-state index contributed by atoms with van der Waals surface area (Å²) in [5, 5.41) is 0. The van der Waals surface area contributed by atoms with Crippen LogP contribution in [-0.4, -0.2) is 18.5 Å². The molecule has 0 aromatic heterocycles. The number of hydrogen-bond acceptors (Lipinski definition) is 5. The first-order valence-electron chi connectivity index (χ1n) is 8.99. The molecule has 0 saturated heterocycles. The first-order chi connectivity index (χ1) is 13.1. The molecule has 0 bridgehead atoms. The average Bonchev–Trinajstić information content (AvgIpc) is 2.68. The van der Waals surface area contributed by atoms with Crippen LogP contribution in [-0.2, 0) is 4.79 Å². The quantitative estimate of drug-likeness (QED) is 0.257. The molecule has 0 aliphatic heterocycles. The van der Waals surface area contributed by atoms with Crippen LogP contribution in [0, 0.1) is 0 Å². The molecule has 5 nitrogen and oxygen atoms in total. The minimum Gasteiger partial charge on any atom is -0.490 e. The van der Waals surface area contributed by atoms with Gasteiger partial charge in [-0.25, -0.2) is 4.79 Å². The number of esters is 2. The molecule has 0 N–H and O–H groups in total. The van der Waals surface area contributed by atoms with Gasteiger partial charge < -0.3 is 14.2 Å². The number of carbonyl (C=O) groups excluding carboxylic acids is 2. The fourth-order valence-electron chi connectivity index (χ4n) is 2.29. The molecule has 0 aliphatic rings. The first kappa shape index (κ1) is 20.2. The van der Waals surface area contributed by atoms with Crippen LogP contribution in [0.25, 0.3) is 0 Å². The summed E-state index contributed by atoms with van der Waals surface area (Å²) in [6.07, 6.45) is 4.93. The Morgan fingerprint density at radius 3 is 2.07 bits per heavy atom. The number of hydrogen-bond donors (Lipinski definition) is 0. The van der Waals surface area contributed by atoms with E-state index in [9.17, 15) is 9.59 Å². The number of ether oxygens (including phenoxy) is 3. The third-order valence-corrected chi connectivity index (χ3v) is 3.71. The molecule has 0 fully saturated rings. The van der Waals surface area contributed by atoms with Crippen molar-refractivity contribution in [2.75, 3.05) is 6.61 Å². The van der Waals surface area contributed by atoms with E-state index in [1.54, 1.807) is 54.6 Å². The van der Waals surface area contributed by atoms with Crippen LogP contribution < -0.4 is 14.2 Å². The SMILES string of the molecule is C=CCOc1ccc(C(=O)Oc2ccc(OC(=O)CCCCC)cc2)cc1. The molecule has 142 valence electrons. The molecule has 2 aromatic rings. The fraction of sp³-hybridized carbons (Fsp3) is 0.273. The van der Waals surface area contributed by atoms with Crippen molar-refractivity contribution in [3.63, 3.8) is 0 Å². The van der Waals surface area contributed by atoms with E-state index in [-0.39, 0.29) is 5.97 Å². The fourth-order valence-corrected chi connectivity index (χ4v) is 2.29. The Labute approximate surface area is 159 Å². The van der Waals surface area contributed by atoms with E-state index in [0.717, 1.165) is 19.3 Å². The third-order valence-electron chi connectivity index (χ3n) is 3.71. The Kier molecular flexibility index (Phi) is 8.10. The van der Waals surface area contributed by atoms with Crippen LogP contribution in [0.3, 0.4) is 0 Å². The van der Waals surface area contributed by atoms with E-state index in [0.29, 0.717) is 35.8 Å². The molecule has 0 radical (unpaired) electrons. The Balaban J connectivity index is 1.87. The Hall–Kier alpha value is -3.08. The lowest BCUT2D eigenvalue weighted by Gasteiger charge is -2.07. The Morgan fingerprint density at radius 1 is 0.889 bits per heavy atom. The largest absolute Gasteiger partial charge is 0.490 e. The van der Waals surface area contributed by atoms with Gasteiger partial charge in [-0.2, -0.15) is 0 Å². The normalized spacial score (nSPS) is 10.1. The van der Waals surface area contributed by atoms with Gasteiger partial charge >= 0.3 is 11.9 Å². The molecule has 0 unspecified atom stereocenters. The topological polar surface area (TPSA) is 61.8 Å². The molecule has 0 heterocycles. The predicted molar refractivity (Wildman–Crippen MR) is 103 cm³/mol. The van der Waals surface area contributed by atoms with E-state index in [4.69, 9.17) is 14.2 Å². The summed E-state index contributed by atoms with van der Waals surface area (Å²) in [6.45, 7) is 6.06. The Bertz CT molecular complexity index is 747. The molecule has 2 aromatic carbocycles. The summed E-state index contributed by atoms with van der Waals surface area (Å²) in [4.78, 5) is 23.9. The average molecular weight is 368 g/mol. The van der Waals surface area contributed by atoms with Gasteiger partial charge in [-0.3, -0.25) is 4.79 Å². The molecule has 27 heavy (non-hydrogen) atoms. The maximum Gasteiger partial charge on any atom is 0.343 e. The highest BCUT2D eigenvalue weighted by Gasteiger charge is 2.10. The highest BCUT2D eigenvalue weighted by Crippen LogP contribution is 2.20. The molecule has 0 amide bonds. The first-order valence-corrected chi connectivity index (χ1v) is 8.99. The second kappa shape index (κ2) is 10.8. The summed E-state index contributed by atoms with van der Waals surface area (Å²) < 4.78 is 15.9. The summed E-state index contributed by atoms with van der Waals surface area (Å²) >= 11 is 0. The summed E-state index contributed by atoms with van der Waals surface area (Å²) in [7, 11) is 0. The number of carbonyl (C=O) groups is 2. The second-order valence-corrected chi connectivity index (χ2v) is 5.92. The molecule has 5 heteroatoms. The number of unbranched alkanes of at least 4 members (excludes halogenated alkanes) is 2. The van der Waals surface area contributed by atoms with Gasteiger partial charge in [0, 0.05) is 6.42 Å². The third kappa shape index (κ3) is 6.98. The minimum absolute atomic E-state index is 0.257. The maximum absolute atomic E-state index is 12.2. The van der Waals surface area contributed by atoms with Crippen molar-refractivity contribution in [1.82, 2.24) is 0 Å². The van der Waals surface area contributed by atoms with E-state index in [2.05, 4.69) is 13.5 Å². The number of benzene rings is 2. The lowest BCUT2D eigenvalue weighted by atomic mass is 10.2. The summed E-state index contributed by atoms with van der Waals surface area (Å²) in [5.41, 5.74) is 0.410. The predicted octanol–water partition coefficient (Wildman–Crippen LogP) is 4.96. The van der Waals surface area contributed by atoms with Crippen molar-refractivity contribution in [2.45, 2.75) is 32.6 Å². The summed E-state index contributed by atoms with van der Waals surface area (Å²) in [6, 6.07) is 13.0. The highest BCUT2D eigenvalue weighted by atomic mass is 16.5. The van der Waals surface area contributed by atoms with Crippen LogP contribution >= 0.6 is 0 Å². The lowest BCUT2D eigenvalue weighted by molar-refractivity contribution is -0.134. The lowest BCUT2D eigenvalue weighted by Crippen LogP contribution is -2.09. The Morgan fingerprint density at radius 2 is 1.48 bits per heavy atom. The van der Waals surface area contributed by atoms with E-state index >= 15 is 0 Å². The monoisotopic (exact) mass is 368 g/mol. The van der Waals surface area contributed by atoms with Gasteiger partial charge in [-0.05, 0) is 55.0 Å². The molecule has 0 aliphatic carbocycles. The van der Waals surface area contributed by atoms with Crippen molar-refractivity contribution in [2.24, 2.45) is 0 Å². The van der Waals surface area contributed by atoms with Gasteiger partial charge in [0.25, 0.3) is 0 Å². The van der Waals surface area contributed by atoms with Crippen LogP contribution in [0.1, 0.15) is 43.0 Å². The van der Waals surface area contributed by atoms with Gasteiger partial charge in [0.05, 0.1) is 5.56 Å². The van der Waals surface area contributed by atoms with Gasteiger partial charge in [0.2, 0.25) is 0 Å². The van der Waals surface area contributed by atoms with Gasteiger partial charge in [0.1, 0.15) is 23.9 Å². The zero-order chi connectivity index (χ0) is 19.5. The van der Waals surface area contributed by atoms with Crippen molar-refractivity contribution in [3.05, 3.63) is 66.7 Å². The minimum atomic E-state index is -0.477. The van der Waals surface area contributed by atoms with E-state index in [1.165, 1.54) is 0 Å². The standard InChI is InChI=1S/C22H24O5/c1-3-5-6-7-21(23)26-19-12-14-20(15-13-19)27-22(24)17-8-10-18(11-9-17)25-16-4-2/h4,8-15H,2-3,5-7,16H2,1H3. The molecule has 0 saturated carbocycles. The van der Waals surface area contributed by atoms with Gasteiger partial charge in [-0.15, -0.1) is 0 Å². The second-order valence-electron chi connectivity index (χ2n) is 5.92. The molecular weight excluding hydrogens is 344 g/mol. The molecule has 0 atom stereocenters. The van der Waals surface area contributed by atoms with Crippen molar-refractivity contribution >= 4 is 11.9 Å². The van der Waals surface area contributed by atoms with Crippen molar-refractivity contribution in [1.29, 1.82) is 0 Å². The van der Waals surface area contributed by atoms with E-state index in [1.807, 2.05) is 0 Å². The number of rotatable bonds is 10. The van der Waals surface area contributed by atoms with Crippen LogP contribution in [0.15, 0.2) is 61.2 Å². The van der Waals surface area contributed by atoms with Gasteiger partial charge in [-0.1, -0.05) is 32.4 Å². The highest BCUT2D eigenvalue weighted by molar-refractivity contribution is 5.91. The molecule has 0 spiro atoms. The van der Waals surface area contributed by atoms with Gasteiger partial charge in [0.15, 0.2) is 0 Å². The van der Waals surface area contributed by atoms with Crippen LogP contribution in [0.4, 0.5) is 0 Å². The van der Waals surface area contributed by atoms with Crippen molar-refractivity contribution < 1.29 is 23.8 Å². The van der Waals surface area contributed by atoms with E-state index < -0.39 is 5.97 Å². The van der Waals surface area contributed by atoms with Crippen LogP contribution in [0.5, 0.6) is 17.2 Å². The zero-order valence-electron chi connectivity index (χ0n) is 15.5. The van der Waals surface area contributed by atoms with Crippen LogP contribution in [0.2, 0.25) is 0 Å². The zero-order valence-corrected chi connectivity index (χ0v) is 15.5. The smallest absolute Gasteiger partial charge is 0.343 e. The van der Waals surface area contributed by atoms with Crippen molar-refractivity contribution in [3.8, 4) is 17.2 Å².